The number of hydrogen-bond donors (Lipinski definition) is 0. The summed E-state index contributed by atoms with van der Waals surface area (Å²) < 4.78 is 0. The highest BCUT2D eigenvalue weighted by atomic mass is 14.0. The van der Waals surface area contributed by atoms with Gasteiger partial charge in [0, 0.05) is 12.8 Å². The molecule has 0 saturated heterocycles. The Bertz CT molecular complexity index is 332. The number of rotatable bonds is 21. The minimum Gasteiger partial charge on any atom is -0.103 e. The summed E-state index contributed by atoms with van der Waals surface area (Å²) in [5, 5.41) is 0. The fraction of sp³-hybridized carbons (Fsp3) is 0.857. The summed E-state index contributed by atoms with van der Waals surface area (Å²) in [7, 11) is 0. The fourth-order valence-corrected chi connectivity index (χ4v) is 3.72. The van der Waals surface area contributed by atoms with Crippen LogP contribution in [0.4, 0.5) is 0 Å². The predicted octanol–water partition coefficient (Wildman–Crippen LogP) is 9.88. The lowest BCUT2D eigenvalue weighted by atomic mass is 9.99. The van der Waals surface area contributed by atoms with Crippen LogP contribution in [0.25, 0.3) is 0 Å². The third-order valence-electron chi connectivity index (χ3n) is 5.92. The van der Waals surface area contributed by atoms with Gasteiger partial charge in [-0.3, -0.25) is 0 Å². The summed E-state index contributed by atoms with van der Waals surface area (Å²) in [5.74, 6) is 7.60. The second kappa shape index (κ2) is 24.6. The van der Waals surface area contributed by atoms with E-state index >= 15 is 0 Å². The monoisotopic (exact) mass is 388 g/mol. The van der Waals surface area contributed by atoms with Gasteiger partial charge in [-0.15, -0.1) is 11.8 Å². The zero-order valence-corrected chi connectivity index (χ0v) is 19.5. The van der Waals surface area contributed by atoms with Crippen molar-refractivity contribution in [2.24, 2.45) is 5.92 Å². The van der Waals surface area contributed by atoms with Crippen molar-refractivity contribution in [3.8, 4) is 11.8 Å². The van der Waals surface area contributed by atoms with E-state index in [-0.39, 0.29) is 0 Å². The molecule has 28 heavy (non-hydrogen) atoms. The zero-order chi connectivity index (χ0) is 20.5. The van der Waals surface area contributed by atoms with Gasteiger partial charge in [-0.2, -0.15) is 0 Å². The van der Waals surface area contributed by atoms with Gasteiger partial charge in [-0.25, -0.2) is 0 Å². The number of hydrogen-bond acceptors (Lipinski definition) is 0. The summed E-state index contributed by atoms with van der Waals surface area (Å²) >= 11 is 0. The van der Waals surface area contributed by atoms with E-state index < -0.39 is 0 Å². The first-order chi connectivity index (χ1) is 13.8. The molecule has 164 valence electrons. The third-order valence-corrected chi connectivity index (χ3v) is 5.92. The summed E-state index contributed by atoms with van der Waals surface area (Å²) in [6.45, 7) is 10.2. The molecule has 0 N–H and O–H groups in total. The molecule has 0 nitrogen and oxygen atoms in total. The van der Waals surface area contributed by atoms with Crippen molar-refractivity contribution in [3.63, 3.8) is 0 Å². The first kappa shape index (κ1) is 27.6. The molecular weight excluding hydrogens is 336 g/mol. The van der Waals surface area contributed by atoms with Crippen LogP contribution >= 0.6 is 0 Å². The van der Waals surface area contributed by atoms with Crippen LogP contribution in [0.15, 0.2) is 0 Å². The van der Waals surface area contributed by atoms with Gasteiger partial charge in [0.2, 0.25) is 0 Å². The van der Waals surface area contributed by atoms with Crippen LogP contribution in [0, 0.1) is 31.6 Å². The molecule has 0 rings (SSSR count). The van der Waals surface area contributed by atoms with Gasteiger partial charge in [0.1, 0.15) is 0 Å². The van der Waals surface area contributed by atoms with Gasteiger partial charge in [0.15, 0.2) is 0 Å². The maximum atomic E-state index is 3.98. The topological polar surface area (TPSA) is 0 Å². The zero-order valence-electron chi connectivity index (χ0n) is 19.5. The molecule has 2 radical (unpaired) electrons. The maximum Gasteiger partial charge on any atom is 0.00886 e. The molecule has 1 unspecified atom stereocenters. The lowest BCUT2D eigenvalue weighted by Gasteiger charge is -2.07. The van der Waals surface area contributed by atoms with Crippen LogP contribution in [0.1, 0.15) is 148 Å². The van der Waals surface area contributed by atoms with E-state index in [0.717, 1.165) is 31.6 Å². The average molecular weight is 389 g/mol. The maximum absolute atomic E-state index is 3.98. The van der Waals surface area contributed by atoms with E-state index in [1.165, 1.54) is 116 Å². The molecule has 0 heteroatoms. The van der Waals surface area contributed by atoms with Crippen molar-refractivity contribution in [3.05, 3.63) is 13.8 Å². The summed E-state index contributed by atoms with van der Waals surface area (Å²) in [6.07, 6.45) is 29.5. The Kier molecular flexibility index (Phi) is 24.2. The van der Waals surface area contributed by atoms with Crippen molar-refractivity contribution in [2.75, 3.05) is 0 Å². The largest absolute Gasteiger partial charge is 0.103 e. The van der Waals surface area contributed by atoms with Crippen molar-refractivity contribution < 1.29 is 0 Å². The Morgan fingerprint density at radius 2 is 0.857 bits per heavy atom. The van der Waals surface area contributed by atoms with Gasteiger partial charge in [-0.1, -0.05) is 136 Å². The Morgan fingerprint density at radius 3 is 1.25 bits per heavy atom. The van der Waals surface area contributed by atoms with Crippen LogP contribution in [0.5, 0.6) is 0 Å². The fourth-order valence-electron chi connectivity index (χ4n) is 3.72. The molecule has 0 aromatic carbocycles. The predicted molar refractivity (Wildman–Crippen MR) is 129 cm³/mol. The van der Waals surface area contributed by atoms with Crippen LogP contribution in [0.2, 0.25) is 0 Å². The molecule has 0 aromatic heterocycles. The van der Waals surface area contributed by atoms with Gasteiger partial charge >= 0.3 is 0 Å². The molecule has 0 aliphatic carbocycles. The Labute approximate surface area is 180 Å². The molecule has 0 fully saturated rings. The molecule has 0 spiro atoms. The molecule has 0 aromatic rings. The van der Waals surface area contributed by atoms with Crippen molar-refractivity contribution in [2.45, 2.75) is 148 Å². The SMILES string of the molecule is [CH2]CCCCCCCCCCC#CCCCCCCCCCCCC(C)C[CH2]. The van der Waals surface area contributed by atoms with Gasteiger partial charge in [0.25, 0.3) is 0 Å². The lowest BCUT2D eigenvalue weighted by Crippen LogP contribution is -1.91. The summed E-state index contributed by atoms with van der Waals surface area (Å²) in [6, 6.07) is 0. The van der Waals surface area contributed by atoms with E-state index in [9.17, 15) is 0 Å². The minimum absolute atomic E-state index is 0.825. The Balaban J connectivity index is 3.12. The van der Waals surface area contributed by atoms with Crippen molar-refractivity contribution in [1.82, 2.24) is 0 Å². The van der Waals surface area contributed by atoms with Crippen LogP contribution < -0.4 is 0 Å². The van der Waals surface area contributed by atoms with Crippen molar-refractivity contribution in [1.29, 1.82) is 0 Å². The molecule has 0 heterocycles. The van der Waals surface area contributed by atoms with Gasteiger partial charge in [-0.05, 0) is 18.8 Å². The minimum atomic E-state index is 0.825. The summed E-state index contributed by atoms with van der Waals surface area (Å²) in [4.78, 5) is 0. The first-order valence-corrected chi connectivity index (χ1v) is 12.9. The standard InChI is InChI=1S/C28H52/c1-4-6-7-8-9-10-11-12-13-14-15-16-17-18-19-20-21-22-23-24-25-26-27-28(3)5-2/h28H,1-2,4-14,17-27H2,3H3. The smallest absolute Gasteiger partial charge is 0.00886 e. The van der Waals surface area contributed by atoms with Gasteiger partial charge in [0.05, 0.1) is 0 Å². The molecule has 0 amide bonds. The molecule has 0 saturated carbocycles. The van der Waals surface area contributed by atoms with Crippen LogP contribution in [0.3, 0.4) is 0 Å². The molecule has 1 atom stereocenters. The van der Waals surface area contributed by atoms with E-state index in [2.05, 4.69) is 32.6 Å². The quantitative estimate of drug-likeness (QED) is 0.135. The van der Waals surface area contributed by atoms with Crippen LogP contribution in [-0.2, 0) is 0 Å². The number of unbranched alkanes of at least 4 members (excludes halogenated alkanes) is 18. The first-order valence-electron chi connectivity index (χ1n) is 12.9. The Morgan fingerprint density at radius 1 is 0.500 bits per heavy atom. The van der Waals surface area contributed by atoms with Gasteiger partial charge < -0.3 is 0 Å². The van der Waals surface area contributed by atoms with E-state index in [0.29, 0.717) is 0 Å². The molecule has 0 aliphatic rings. The van der Waals surface area contributed by atoms with Crippen molar-refractivity contribution >= 4 is 0 Å². The second-order valence-corrected chi connectivity index (χ2v) is 8.90. The van der Waals surface area contributed by atoms with Crippen LogP contribution in [-0.4, -0.2) is 0 Å². The molecule has 0 bridgehead atoms. The molecular formula is C28H52. The lowest BCUT2D eigenvalue weighted by molar-refractivity contribution is 0.482. The highest BCUT2D eigenvalue weighted by Gasteiger charge is 1.98. The normalized spacial score (nSPS) is 12.0. The van der Waals surface area contributed by atoms with E-state index in [1.807, 2.05) is 0 Å². The highest BCUT2D eigenvalue weighted by molar-refractivity contribution is 4.98. The Hall–Kier alpha value is -0.440. The highest BCUT2D eigenvalue weighted by Crippen LogP contribution is 2.15. The second-order valence-electron chi connectivity index (χ2n) is 8.90. The molecule has 0 aliphatic heterocycles. The third kappa shape index (κ3) is 23.6. The van der Waals surface area contributed by atoms with E-state index in [4.69, 9.17) is 0 Å². The average Bonchev–Trinajstić information content (AvgIpc) is 2.71. The van der Waals surface area contributed by atoms with E-state index in [1.54, 1.807) is 0 Å². The summed E-state index contributed by atoms with van der Waals surface area (Å²) in [5.41, 5.74) is 0.